The molecule has 1 aromatic rings. The molecule has 118 valence electrons. The van der Waals surface area contributed by atoms with Crippen LogP contribution in [0.4, 0.5) is 0 Å². The highest BCUT2D eigenvalue weighted by molar-refractivity contribution is 7.89. The Balaban J connectivity index is 2.16. The van der Waals surface area contributed by atoms with Crippen molar-refractivity contribution in [2.24, 2.45) is 5.41 Å². The third-order valence-corrected chi connectivity index (χ3v) is 5.93. The highest BCUT2D eigenvalue weighted by Gasteiger charge is 2.35. The second-order valence-electron chi connectivity index (χ2n) is 5.46. The molecule has 0 spiro atoms. The molecule has 0 aromatic heterocycles. The molecule has 0 radical (unpaired) electrons. The maximum absolute atomic E-state index is 12.4. The second kappa shape index (κ2) is 6.62. The van der Waals surface area contributed by atoms with Crippen molar-refractivity contribution in [3.8, 4) is 0 Å². The third kappa shape index (κ3) is 3.76. The van der Waals surface area contributed by atoms with Crippen LogP contribution in [-0.2, 0) is 14.8 Å². The Labute approximate surface area is 130 Å². The van der Waals surface area contributed by atoms with E-state index in [0.717, 1.165) is 6.42 Å². The number of sulfonamides is 1. The van der Waals surface area contributed by atoms with Gasteiger partial charge >= 0.3 is 0 Å². The molecule has 2 rings (SSSR count). The molecule has 1 aliphatic rings. The van der Waals surface area contributed by atoms with Gasteiger partial charge in [-0.2, -0.15) is 0 Å². The summed E-state index contributed by atoms with van der Waals surface area (Å²) in [7, 11) is -3.63. The van der Waals surface area contributed by atoms with Crippen molar-refractivity contribution in [1.29, 1.82) is 0 Å². The van der Waals surface area contributed by atoms with Gasteiger partial charge in [-0.15, -0.1) is 0 Å². The van der Waals surface area contributed by atoms with E-state index in [1.165, 1.54) is 6.07 Å². The summed E-state index contributed by atoms with van der Waals surface area (Å²) in [5.41, 5.74) is 0.208. The highest BCUT2D eigenvalue weighted by Crippen LogP contribution is 2.32. The summed E-state index contributed by atoms with van der Waals surface area (Å²) in [6.07, 6.45) is 1.26. The Kier molecular flexibility index (Phi) is 5.27. The molecule has 1 heterocycles. The lowest BCUT2D eigenvalue weighted by Gasteiger charge is -2.26. The number of hydrogen-bond donors (Lipinski definition) is 2. The van der Waals surface area contributed by atoms with E-state index in [0.29, 0.717) is 30.2 Å². The van der Waals surface area contributed by atoms with Gasteiger partial charge in [0.25, 0.3) is 0 Å². The number of aliphatic hydroxyl groups excluding tert-OH is 1. The van der Waals surface area contributed by atoms with Gasteiger partial charge in [0, 0.05) is 30.2 Å². The Morgan fingerprint density at radius 2 is 2.24 bits per heavy atom. The number of nitrogens with one attached hydrogen (secondary N) is 1. The van der Waals surface area contributed by atoms with Gasteiger partial charge in [-0.05, 0) is 37.5 Å². The van der Waals surface area contributed by atoms with Gasteiger partial charge in [-0.3, -0.25) is 0 Å². The zero-order chi connectivity index (χ0) is 15.5. The van der Waals surface area contributed by atoms with E-state index in [9.17, 15) is 8.42 Å². The average molecular weight is 334 g/mol. The second-order valence-corrected chi connectivity index (χ2v) is 7.61. The lowest BCUT2D eigenvalue weighted by atomic mass is 9.84. The first-order chi connectivity index (χ1) is 9.90. The summed E-state index contributed by atoms with van der Waals surface area (Å²) in [5.74, 6) is 0. The predicted octanol–water partition coefficient (Wildman–Crippen LogP) is 1.72. The Hall–Kier alpha value is -0.660. The molecule has 0 bridgehead atoms. The number of benzene rings is 1. The molecule has 1 unspecified atom stereocenters. The largest absolute Gasteiger partial charge is 0.396 e. The fourth-order valence-corrected chi connectivity index (χ4v) is 4.17. The van der Waals surface area contributed by atoms with Gasteiger partial charge in [0.15, 0.2) is 0 Å². The lowest BCUT2D eigenvalue weighted by Crippen LogP contribution is -2.39. The smallest absolute Gasteiger partial charge is 0.240 e. The molecule has 5 nitrogen and oxygen atoms in total. The van der Waals surface area contributed by atoms with Crippen LogP contribution < -0.4 is 4.72 Å². The van der Waals surface area contributed by atoms with Crippen LogP contribution in [0.25, 0.3) is 0 Å². The van der Waals surface area contributed by atoms with Gasteiger partial charge < -0.3 is 9.84 Å². The molecule has 1 saturated heterocycles. The van der Waals surface area contributed by atoms with E-state index in [-0.39, 0.29) is 23.5 Å². The quantitative estimate of drug-likeness (QED) is 0.831. The number of rotatable bonds is 6. The maximum Gasteiger partial charge on any atom is 0.240 e. The van der Waals surface area contributed by atoms with Gasteiger partial charge in [0.05, 0.1) is 11.5 Å². The number of aliphatic hydroxyl groups is 1. The third-order valence-electron chi connectivity index (χ3n) is 3.97. The highest BCUT2D eigenvalue weighted by atomic mass is 35.5. The first-order valence-corrected chi connectivity index (χ1v) is 8.70. The zero-order valence-corrected chi connectivity index (χ0v) is 13.5. The molecule has 0 saturated carbocycles. The van der Waals surface area contributed by atoms with E-state index in [1.807, 2.05) is 0 Å². The molecule has 1 fully saturated rings. The van der Waals surface area contributed by atoms with Crippen molar-refractivity contribution < 1.29 is 18.3 Å². The van der Waals surface area contributed by atoms with E-state index in [2.05, 4.69) is 4.72 Å². The van der Waals surface area contributed by atoms with E-state index in [1.54, 1.807) is 19.1 Å². The summed E-state index contributed by atoms with van der Waals surface area (Å²) in [6.45, 7) is 3.00. The van der Waals surface area contributed by atoms with Crippen LogP contribution in [0.15, 0.2) is 23.1 Å². The van der Waals surface area contributed by atoms with Crippen molar-refractivity contribution in [3.63, 3.8) is 0 Å². The van der Waals surface area contributed by atoms with Crippen molar-refractivity contribution in [1.82, 2.24) is 4.72 Å². The topological polar surface area (TPSA) is 75.6 Å². The van der Waals surface area contributed by atoms with Crippen LogP contribution in [0.2, 0.25) is 5.02 Å². The van der Waals surface area contributed by atoms with E-state index in [4.69, 9.17) is 21.4 Å². The minimum atomic E-state index is -3.63. The zero-order valence-electron chi connectivity index (χ0n) is 11.9. The van der Waals surface area contributed by atoms with E-state index >= 15 is 0 Å². The Morgan fingerprint density at radius 1 is 1.48 bits per heavy atom. The van der Waals surface area contributed by atoms with Crippen molar-refractivity contribution in [2.45, 2.75) is 24.7 Å². The monoisotopic (exact) mass is 333 g/mol. The van der Waals surface area contributed by atoms with Crippen LogP contribution in [0.3, 0.4) is 0 Å². The minimum Gasteiger partial charge on any atom is -0.396 e. The van der Waals surface area contributed by atoms with Crippen molar-refractivity contribution in [3.05, 3.63) is 28.8 Å². The summed E-state index contributed by atoms with van der Waals surface area (Å²) < 4.78 is 32.9. The van der Waals surface area contributed by atoms with Crippen molar-refractivity contribution >= 4 is 21.6 Å². The van der Waals surface area contributed by atoms with E-state index < -0.39 is 10.0 Å². The van der Waals surface area contributed by atoms with Gasteiger partial charge in [0.2, 0.25) is 10.0 Å². The predicted molar refractivity (Wildman–Crippen MR) is 80.9 cm³/mol. The molecular weight excluding hydrogens is 314 g/mol. The molecule has 1 atom stereocenters. The number of halogens is 1. The molecule has 1 aromatic carbocycles. The molecule has 1 aliphatic heterocycles. The Bertz CT molecular complexity index is 597. The van der Waals surface area contributed by atoms with Gasteiger partial charge in [-0.25, -0.2) is 13.1 Å². The fourth-order valence-electron chi connectivity index (χ4n) is 2.52. The number of ether oxygens (including phenoxy) is 1. The summed E-state index contributed by atoms with van der Waals surface area (Å²) in [6, 6.07) is 4.81. The standard InChI is InChI=1S/C14H20ClNO4S/c1-11-12(15)3-2-4-13(11)21(18,19)16-9-14(5-7-17)6-8-20-10-14/h2-4,16-17H,5-10H2,1H3. The van der Waals surface area contributed by atoms with Gasteiger partial charge in [0.1, 0.15) is 0 Å². The van der Waals surface area contributed by atoms with Crippen LogP contribution in [0.5, 0.6) is 0 Å². The minimum absolute atomic E-state index is 0.0152. The molecule has 0 aliphatic carbocycles. The lowest BCUT2D eigenvalue weighted by molar-refractivity contribution is 0.128. The SMILES string of the molecule is Cc1c(Cl)cccc1S(=O)(=O)NCC1(CCO)CCOC1. The normalized spacial score (nSPS) is 22.6. The van der Waals surface area contributed by atoms with Crippen LogP contribution in [0.1, 0.15) is 18.4 Å². The maximum atomic E-state index is 12.4. The van der Waals surface area contributed by atoms with Crippen LogP contribution >= 0.6 is 11.6 Å². The molecule has 21 heavy (non-hydrogen) atoms. The first kappa shape index (κ1) is 16.7. The van der Waals surface area contributed by atoms with Crippen LogP contribution in [-0.4, -0.2) is 39.9 Å². The fraction of sp³-hybridized carbons (Fsp3) is 0.571. The Morgan fingerprint density at radius 3 is 2.86 bits per heavy atom. The van der Waals surface area contributed by atoms with Gasteiger partial charge in [-0.1, -0.05) is 17.7 Å². The van der Waals surface area contributed by atoms with Crippen LogP contribution in [0, 0.1) is 12.3 Å². The summed E-state index contributed by atoms with van der Waals surface area (Å²) in [4.78, 5) is 0.188. The molecule has 2 N–H and O–H groups in total. The summed E-state index contributed by atoms with van der Waals surface area (Å²) in [5, 5.41) is 9.59. The molecular formula is C14H20ClNO4S. The summed E-state index contributed by atoms with van der Waals surface area (Å²) >= 11 is 5.98. The molecule has 7 heteroatoms. The van der Waals surface area contributed by atoms with Crippen molar-refractivity contribution in [2.75, 3.05) is 26.4 Å². The average Bonchev–Trinajstić information content (AvgIpc) is 2.89. The molecule has 0 amide bonds. The number of hydrogen-bond acceptors (Lipinski definition) is 4. The first-order valence-electron chi connectivity index (χ1n) is 6.84.